The number of aliphatic carboxylic acids is 1. The fraction of sp³-hybridized carbons (Fsp3) is 0.267. The molecule has 0 amide bonds. The van der Waals surface area contributed by atoms with Gasteiger partial charge in [-0.1, -0.05) is 50.1 Å². The Morgan fingerprint density at radius 1 is 1.20 bits per heavy atom. The first-order valence-corrected chi connectivity index (χ1v) is 8.03. The molecular formula is C15H14Br2O3. The Morgan fingerprint density at radius 3 is 2.50 bits per heavy atom. The summed E-state index contributed by atoms with van der Waals surface area (Å²) in [5.41, 5.74) is 0.922. The lowest BCUT2D eigenvalue weighted by Gasteiger charge is -2.14. The van der Waals surface area contributed by atoms with E-state index in [4.69, 9.17) is 9.84 Å². The molecule has 0 heterocycles. The molecule has 1 N–H and O–H groups in total. The van der Waals surface area contributed by atoms with Crippen molar-refractivity contribution in [2.45, 2.75) is 16.6 Å². The standard InChI is InChI=1S/C15H14Br2O3/c1-2-20-12-6-5-9-7-11(4-3-10(9)8-12)13(16)14(17)15(18)19/h3-8,13-14H,2H2,1H3,(H,18,19). The third-order valence-electron chi connectivity index (χ3n) is 2.96. The van der Waals surface area contributed by atoms with Crippen molar-refractivity contribution in [2.75, 3.05) is 6.61 Å². The number of rotatable bonds is 5. The molecule has 0 saturated heterocycles. The van der Waals surface area contributed by atoms with Crippen LogP contribution < -0.4 is 4.74 Å². The number of carboxylic acid groups (broad SMARTS) is 1. The molecule has 0 aromatic heterocycles. The van der Waals surface area contributed by atoms with Crippen LogP contribution in [-0.2, 0) is 4.79 Å². The largest absolute Gasteiger partial charge is 0.494 e. The normalized spacial score (nSPS) is 13.9. The first-order valence-electron chi connectivity index (χ1n) is 6.20. The summed E-state index contributed by atoms with van der Waals surface area (Å²) in [6.07, 6.45) is 0. The number of hydrogen-bond acceptors (Lipinski definition) is 2. The zero-order valence-electron chi connectivity index (χ0n) is 10.8. The zero-order valence-corrected chi connectivity index (χ0v) is 14.0. The first kappa shape index (κ1) is 15.3. The van der Waals surface area contributed by atoms with Gasteiger partial charge in [-0.05, 0) is 41.5 Å². The van der Waals surface area contributed by atoms with E-state index < -0.39 is 10.8 Å². The van der Waals surface area contributed by atoms with Crippen LogP contribution in [0.3, 0.4) is 0 Å². The SMILES string of the molecule is CCOc1ccc2cc(C(Br)C(Br)C(=O)O)ccc2c1. The van der Waals surface area contributed by atoms with E-state index in [1.54, 1.807) is 0 Å². The van der Waals surface area contributed by atoms with Gasteiger partial charge in [0.1, 0.15) is 10.6 Å². The highest BCUT2D eigenvalue weighted by Gasteiger charge is 2.24. The predicted octanol–water partition coefficient (Wildman–Crippen LogP) is 4.52. The maximum absolute atomic E-state index is 11.0. The maximum atomic E-state index is 11.0. The summed E-state index contributed by atoms with van der Waals surface area (Å²) in [6.45, 7) is 2.59. The molecule has 0 radical (unpaired) electrons. The average molecular weight is 402 g/mol. The minimum absolute atomic E-state index is 0.282. The van der Waals surface area contributed by atoms with Crippen molar-refractivity contribution < 1.29 is 14.6 Å². The molecule has 0 aliphatic rings. The minimum Gasteiger partial charge on any atom is -0.494 e. The van der Waals surface area contributed by atoms with Crippen molar-refractivity contribution >= 4 is 48.6 Å². The Balaban J connectivity index is 2.34. The van der Waals surface area contributed by atoms with E-state index in [2.05, 4.69) is 31.9 Å². The fourth-order valence-corrected chi connectivity index (χ4v) is 2.78. The summed E-state index contributed by atoms with van der Waals surface area (Å²) in [7, 11) is 0. The quantitative estimate of drug-likeness (QED) is 0.749. The smallest absolute Gasteiger partial charge is 0.318 e. The van der Waals surface area contributed by atoms with E-state index in [1.165, 1.54) is 0 Å². The average Bonchev–Trinajstić information content (AvgIpc) is 2.45. The van der Waals surface area contributed by atoms with Crippen LogP contribution in [0, 0.1) is 0 Å². The summed E-state index contributed by atoms with van der Waals surface area (Å²) in [6, 6.07) is 11.8. The van der Waals surface area contributed by atoms with E-state index in [0.29, 0.717) is 6.61 Å². The van der Waals surface area contributed by atoms with Gasteiger partial charge in [-0.15, -0.1) is 0 Å². The molecule has 0 bridgehead atoms. The molecule has 20 heavy (non-hydrogen) atoms. The number of ether oxygens (including phenoxy) is 1. The number of carbonyl (C=O) groups is 1. The van der Waals surface area contributed by atoms with Gasteiger partial charge < -0.3 is 9.84 Å². The second kappa shape index (κ2) is 6.59. The molecule has 2 aromatic carbocycles. The lowest BCUT2D eigenvalue weighted by Crippen LogP contribution is -2.17. The highest BCUT2D eigenvalue weighted by molar-refractivity contribution is 9.12. The van der Waals surface area contributed by atoms with Gasteiger partial charge in [-0.3, -0.25) is 4.79 Å². The summed E-state index contributed by atoms with van der Waals surface area (Å²) in [4.78, 5) is 10.1. The van der Waals surface area contributed by atoms with Crippen LogP contribution in [0.15, 0.2) is 36.4 Å². The van der Waals surface area contributed by atoms with Gasteiger partial charge >= 0.3 is 5.97 Å². The molecular weight excluding hydrogens is 388 g/mol. The second-order valence-corrected chi connectivity index (χ2v) is 6.32. The highest BCUT2D eigenvalue weighted by Crippen LogP contribution is 2.33. The molecule has 0 spiro atoms. The Bertz CT molecular complexity index is 628. The number of carboxylic acids is 1. The van der Waals surface area contributed by atoms with Gasteiger partial charge in [0.15, 0.2) is 0 Å². The zero-order chi connectivity index (χ0) is 14.7. The van der Waals surface area contributed by atoms with Crippen molar-refractivity contribution in [3.05, 3.63) is 42.0 Å². The van der Waals surface area contributed by atoms with Crippen LogP contribution in [0.1, 0.15) is 17.3 Å². The third kappa shape index (κ3) is 3.33. The Hall–Kier alpha value is -1.07. The molecule has 106 valence electrons. The molecule has 0 saturated carbocycles. The van der Waals surface area contributed by atoms with Crippen LogP contribution in [0.25, 0.3) is 10.8 Å². The molecule has 0 aliphatic heterocycles. The van der Waals surface area contributed by atoms with E-state index in [9.17, 15) is 4.79 Å². The van der Waals surface area contributed by atoms with Gasteiger partial charge in [0, 0.05) is 0 Å². The fourth-order valence-electron chi connectivity index (χ4n) is 1.96. The van der Waals surface area contributed by atoms with E-state index in [-0.39, 0.29) is 4.83 Å². The summed E-state index contributed by atoms with van der Waals surface area (Å²) < 4.78 is 5.47. The molecule has 0 aliphatic carbocycles. The second-order valence-electron chi connectivity index (χ2n) is 4.34. The molecule has 0 fully saturated rings. The number of halogens is 2. The number of hydrogen-bond donors (Lipinski definition) is 1. The van der Waals surface area contributed by atoms with Crippen LogP contribution in [0.4, 0.5) is 0 Å². The number of benzene rings is 2. The van der Waals surface area contributed by atoms with Gasteiger partial charge in [-0.25, -0.2) is 0 Å². The lowest BCUT2D eigenvalue weighted by molar-refractivity contribution is -0.136. The summed E-state index contributed by atoms with van der Waals surface area (Å²) in [5.74, 6) is -0.0503. The van der Waals surface area contributed by atoms with Crippen molar-refractivity contribution in [2.24, 2.45) is 0 Å². The Morgan fingerprint density at radius 2 is 1.85 bits per heavy atom. The summed E-state index contributed by atoms with van der Waals surface area (Å²) in [5, 5.41) is 11.2. The van der Waals surface area contributed by atoms with Crippen molar-refractivity contribution in [1.82, 2.24) is 0 Å². The van der Waals surface area contributed by atoms with Crippen LogP contribution in [0.5, 0.6) is 5.75 Å². The molecule has 2 atom stereocenters. The highest BCUT2D eigenvalue weighted by atomic mass is 79.9. The van der Waals surface area contributed by atoms with Crippen molar-refractivity contribution in [1.29, 1.82) is 0 Å². The van der Waals surface area contributed by atoms with E-state index in [0.717, 1.165) is 22.1 Å². The van der Waals surface area contributed by atoms with Gasteiger partial charge in [0.25, 0.3) is 0 Å². The van der Waals surface area contributed by atoms with Crippen LogP contribution in [0.2, 0.25) is 0 Å². The summed E-state index contributed by atoms with van der Waals surface area (Å²) >= 11 is 6.60. The Kier molecular flexibility index (Phi) is 5.05. The molecule has 2 unspecified atom stereocenters. The molecule has 5 heteroatoms. The molecule has 2 rings (SSSR count). The van der Waals surface area contributed by atoms with Crippen molar-refractivity contribution in [3.8, 4) is 5.75 Å². The number of fused-ring (bicyclic) bond motifs is 1. The van der Waals surface area contributed by atoms with Gasteiger partial charge in [0.05, 0.1) is 11.4 Å². The topological polar surface area (TPSA) is 46.5 Å². The van der Waals surface area contributed by atoms with Crippen LogP contribution >= 0.6 is 31.9 Å². The lowest BCUT2D eigenvalue weighted by atomic mass is 10.0. The van der Waals surface area contributed by atoms with E-state index >= 15 is 0 Å². The molecule has 3 nitrogen and oxygen atoms in total. The monoisotopic (exact) mass is 400 g/mol. The third-order valence-corrected chi connectivity index (χ3v) is 5.65. The van der Waals surface area contributed by atoms with E-state index in [1.807, 2.05) is 43.3 Å². The maximum Gasteiger partial charge on any atom is 0.318 e. The first-order chi connectivity index (χ1) is 9.52. The van der Waals surface area contributed by atoms with Gasteiger partial charge in [-0.2, -0.15) is 0 Å². The van der Waals surface area contributed by atoms with Gasteiger partial charge in [0.2, 0.25) is 0 Å². The predicted molar refractivity (Wildman–Crippen MR) is 87.1 cm³/mol. The minimum atomic E-state index is -0.890. The van der Waals surface area contributed by atoms with Crippen molar-refractivity contribution in [3.63, 3.8) is 0 Å². The van der Waals surface area contributed by atoms with Crippen LogP contribution in [-0.4, -0.2) is 22.5 Å². The Labute approximate surface area is 134 Å². The number of alkyl halides is 2. The molecule has 2 aromatic rings.